The molecule has 154 valence electrons. The number of hydrogen-bond acceptors (Lipinski definition) is 3. The van der Waals surface area contributed by atoms with Crippen molar-refractivity contribution in [1.82, 2.24) is 4.57 Å². The second kappa shape index (κ2) is 7.41. The first kappa shape index (κ1) is 19.8. The predicted octanol–water partition coefficient (Wildman–Crippen LogP) is 5.07. The lowest BCUT2D eigenvalue weighted by atomic mass is 10.0. The van der Waals surface area contributed by atoms with E-state index in [4.69, 9.17) is 15.1 Å². The summed E-state index contributed by atoms with van der Waals surface area (Å²) in [5, 5.41) is 18.9. The molecule has 1 aromatic heterocycles. The highest BCUT2D eigenvalue weighted by Gasteiger charge is 2.33. The summed E-state index contributed by atoms with van der Waals surface area (Å²) in [6.45, 7) is 0.679. The van der Waals surface area contributed by atoms with Gasteiger partial charge in [-0.15, -0.1) is 0 Å². The van der Waals surface area contributed by atoms with Crippen LogP contribution in [-0.4, -0.2) is 15.6 Å². The molecule has 0 saturated carbocycles. The third kappa shape index (κ3) is 3.71. The monoisotopic (exact) mass is 414 g/mol. The molecular weight excluding hydrogens is 397 g/mol. The minimum atomic E-state index is -4.61. The average molecular weight is 414 g/mol. The Hall–Kier alpha value is -3.47. The van der Waals surface area contributed by atoms with Gasteiger partial charge in [0.2, 0.25) is 0 Å². The van der Waals surface area contributed by atoms with Crippen molar-refractivity contribution < 1.29 is 27.8 Å². The Morgan fingerprint density at radius 1 is 1.23 bits per heavy atom. The van der Waals surface area contributed by atoms with E-state index in [1.165, 1.54) is 6.07 Å². The Balaban J connectivity index is 1.55. The molecule has 1 atom stereocenters. The maximum atomic E-state index is 13.1. The van der Waals surface area contributed by atoms with Crippen LogP contribution in [0.3, 0.4) is 0 Å². The molecule has 4 rings (SSSR count). The van der Waals surface area contributed by atoms with Gasteiger partial charge >= 0.3 is 12.1 Å². The molecule has 0 aliphatic carbocycles. The van der Waals surface area contributed by atoms with Gasteiger partial charge in [-0.1, -0.05) is 6.07 Å². The molecule has 3 aromatic rings. The van der Waals surface area contributed by atoms with Crippen LogP contribution in [0.15, 0.2) is 42.5 Å². The molecule has 0 spiro atoms. The summed E-state index contributed by atoms with van der Waals surface area (Å²) in [6, 6.07) is 12.4. The van der Waals surface area contributed by atoms with Gasteiger partial charge in [0.1, 0.15) is 12.4 Å². The fourth-order valence-corrected chi connectivity index (χ4v) is 3.98. The van der Waals surface area contributed by atoms with Gasteiger partial charge in [-0.2, -0.15) is 18.4 Å². The predicted molar refractivity (Wildman–Crippen MR) is 102 cm³/mol. The van der Waals surface area contributed by atoms with Crippen molar-refractivity contribution in [2.45, 2.75) is 38.1 Å². The van der Waals surface area contributed by atoms with Crippen molar-refractivity contribution in [3.8, 4) is 11.8 Å². The van der Waals surface area contributed by atoms with Crippen molar-refractivity contribution in [2.24, 2.45) is 0 Å². The van der Waals surface area contributed by atoms with Crippen LogP contribution in [0.1, 0.15) is 41.1 Å². The van der Waals surface area contributed by atoms with Crippen molar-refractivity contribution in [3.05, 3.63) is 64.8 Å². The third-order valence-corrected chi connectivity index (χ3v) is 5.36. The number of aryl methyl sites for hydroxylation is 1. The van der Waals surface area contributed by atoms with E-state index in [0.717, 1.165) is 41.7 Å². The van der Waals surface area contributed by atoms with Crippen molar-refractivity contribution in [3.63, 3.8) is 0 Å². The van der Waals surface area contributed by atoms with E-state index in [9.17, 15) is 18.0 Å². The highest BCUT2D eigenvalue weighted by Crippen LogP contribution is 2.37. The molecule has 1 aliphatic heterocycles. The number of carboxylic acid groups (broad SMARTS) is 1. The van der Waals surface area contributed by atoms with Crippen LogP contribution in [0, 0.1) is 11.3 Å². The van der Waals surface area contributed by atoms with Crippen LogP contribution in [-0.2, 0) is 24.1 Å². The first-order chi connectivity index (χ1) is 14.3. The summed E-state index contributed by atoms with van der Waals surface area (Å²) in [5.74, 6) is -0.360. The number of carboxylic acids is 1. The molecule has 0 bridgehead atoms. The van der Waals surface area contributed by atoms with Crippen molar-refractivity contribution in [2.75, 3.05) is 0 Å². The highest BCUT2D eigenvalue weighted by atomic mass is 19.4. The number of nitriles is 1. The summed E-state index contributed by atoms with van der Waals surface area (Å²) in [4.78, 5) is 11.1. The summed E-state index contributed by atoms with van der Waals surface area (Å²) in [7, 11) is 0. The maximum absolute atomic E-state index is 13.1. The van der Waals surface area contributed by atoms with Crippen LogP contribution >= 0.6 is 0 Å². The van der Waals surface area contributed by atoms with E-state index >= 15 is 0 Å². The first-order valence-corrected chi connectivity index (χ1v) is 9.34. The van der Waals surface area contributed by atoms with Gasteiger partial charge in [0.25, 0.3) is 0 Å². The van der Waals surface area contributed by atoms with E-state index in [2.05, 4.69) is 4.57 Å². The van der Waals surface area contributed by atoms with Crippen LogP contribution < -0.4 is 4.74 Å². The van der Waals surface area contributed by atoms with E-state index < -0.39 is 23.3 Å². The standard InChI is InChI=1S/C22H17F3N2O3/c23-22(24,25)18-7-13(1-2-15(18)11-26)12-30-17-3-4-19-16(8-17)9-20-14(10-21(28)29)5-6-27(19)20/h1-4,7-9,14H,5-6,10,12H2,(H,28,29)/t14-/m1/s1. The second-order valence-electron chi connectivity index (χ2n) is 7.30. The highest BCUT2D eigenvalue weighted by molar-refractivity contribution is 5.83. The van der Waals surface area contributed by atoms with Crippen LogP contribution in [0.25, 0.3) is 10.9 Å². The Morgan fingerprint density at radius 3 is 2.73 bits per heavy atom. The Morgan fingerprint density at radius 2 is 2.03 bits per heavy atom. The molecule has 1 N–H and O–H groups in total. The number of rotatable bonds is 5. The second-order valence-corrected chi connectivity index (χ2v) is 7.30. The molecule has 0 amide bonds. The first-order valence-electron chi connectivity index (χ1n) is 9.34. The number of ether oxygens (including phenoxy) is 1. The molecule has 2 aromatic carbocycles. The minimum absolute atomic E-state index is 0.0290. The van der Waals surface area contributed by atoms with E-state index in [1.807, 2.05) is 12.1 Å². The Kier molecular flexibility index (Phi) is 4.90. The molecule has 5 nitrogen and oxygen atoms in total. The zero-order chi connectivity index (χ0) is 21.5. The summed E-state index contributed by atoms with van der Waals surface area (Å²) in [5.41, 5.74) is 0.860. The minimum Gasteiger partial charge on any atom is -0.489 e. The zero-order valence-corrected chi connectivity index (χ0v) is 15.7. The molecule has 0 radical (unpaired) electrons. The molecule has 0 saturated heterocycles. The molecule has 8 heteroatoms. The summed E-state index contributed by atoms with van der Waals surface area (Å²) < 4.78 is 47.1. The lowest BCUT2D eigenvalue weighted by molar-refractivity contribution is -0.138. The maximum Gasteiger partial charge on any atom is 0.417 e. The third-order valence-electron chi connectivity index (χ3n) is 5.36. The van der Waals surface area contributed by atoms with Gasteiger partial charge in [0, 0.05) is 29.1 Å². The molecule has 2 heterocycles. The Bertz CT molecular complexity index is 1170. The van der Waals surface area contributed by atoms with Crippen molar-refractivity contribution >= 4 is 16.9 Å². The molecule has 0 unspecified atom stereocenters. The largest absolute Gasteiger partial charge is 0.489 e. The molecule has 0 fully saturated rings. The van der Waals surface area contributed by atoms with Gasteiger partial charge in [-0.25, -0.2) is 0 Å². The lowest BCUT2D eigenvalue weighted by Crippen LogP contribution is -2.09. The van der Waals surface area contributed by atoms with Gasteiger partial charge in [-0.3, -0.25) is 4.79 Å². The van der Waals surface area contributed by atoms with Crippen molar-refractivity contribution in [1.29, 1.82) is 5.26 Å². The number of carbonyl (C=O) groups is 1. The van der Waals surface area contributed by atoms with E-state index in [-0.39, 0.29) is 18.9 Å². The average Bonchev–Trinajstić information content (AvgIpc) is 3.24. The van der Waals surface area contributed by atoms with Gasteiger partial charge in [0.15, 0.2) is 0 Å². The van der Waals surface area contributed by atoms with Gasteiger partial charge in [0.05, 0.1) is 23.6 Å². The smallest absolute Gasteiger partial charge is 0.417 e. The number of nitrogens with zero attached hydrogens (tertiary/aromatic N) is 2. The number of halogens is 3. The Labute approximate surface area is 169 Å². The van der Waals surface area contributed by atoms with Crippen LogP contribution in [0.5, 0.6) is 5.75 Å². The normalized spacial score (nSPS) is 15.7. The summed E-state index contributed by atoms with van der Waals surface area (Å²) >= 11 is 0. The number of alkyl halides is 3. The quantitative estimate of drug-likeness (QED) is 0.632. The number of aliphatic carboxylic acids is 1. The summed E-state index contributed by atoms with van der Waals surface area (Å²) in [6.07, 6.45) is -3.74. The van der Waals surface area contributed by atoms with Crippen LogP contribution in [0.2, 0.25) is 0 Å². The van der Waals surface area contributed by atoms with E-state index in [1.54, 1.807) is 18.2 Å². The van der Waals surface area contributed by atoms with Gasteiger partial charge < -0.3 is 14.4 Å². The zero-order valence-electron chi connectivity index (χ0n) is 15.7. The van der Waals surface area contributed by atoms with E-state index in [0.29, 0.717) is 11.3 Å². The fourth-order valence-electron chi connectivity index (χ4n) is 3.98. The number of fused-ring (bicyclic) bond motifs is 3. The fraction of sp³-hybridized carbons (Fsp3) is 0.273. The number of benzene rings is 2. The lowest BCUT2D eigenvalue weighted by Gasteiger charge is -2.12. The topological polar surface area (TPSA) is 75.2 Å². The number of hydrogen-bond donors (Lipinski definition) is 1. The molecule has 30 heavy (non-hydrogen) atoms. The SMILES string of the molecule is N#Cc1ccc(COc2ccc3c(c2)cc2n3CC[C@@H]2CC(=O)O)cc1C(F)(F)F. The molecule has 1 aliphatic rings. The van der Waals surface area contributed by atoms with Gasteiger partial charge in [-0.05, 0) is 48.4 Å². The van der Waals surface area contributed by atoms with Crippen LogP contribution in [0.4, 0.5) is 13.2 Å². The molecular formula is C22H17F3N2O3. The number of aromatic nitrogens is 1.